The van der Waals surface area contributed by atoms with Crippen LogP contribution in [0.2, 0.25) is 0 Å². The number of piperazine rings is 1. The largest absolute Gasteiger partial charge is 0.492 e. The van der Waals surface area contributed by atoms with Gasteiger partial charge in [0.15, 0.2) is 5.65 Å². The predicted molar refractivity (Wildman–Crippen MR) is 126 cm³/mol. The highest BCUT2D eigenvalue weighted by Crippen LogP contribution is 2.41. The second kappa shape index (κ2) is 7.92. The molecule has 33 heavy (non-hydrogen) atoms. The number of H-pyrrole nitrogens is 1. The van der Waals surface area contributed by atoms with Gasteiger partial charge in [-0.2, -0.15) is 10.1 Å². The second-order valence-electron chi connectivity index (χ2n) is 8.77. The zero-order valence-electron chi connectivity index (χ0n) is 18.2. The van der Waals surface area contributed by atoms with Crippen molar-refractivity contribution in [1.29, 1.82) is 0 Å². The molecule has 1 atom stereocenters. The first-order valence-electron chi connectivity index (χ1n) is 11.1. The summed E-state index contributed by atoms with van der Waals surface area (Å²) >= 11 is 1.64. The van der Waals surface area contributed by atoms with Gasteiger partial charge < -0.3 is 20.2 Å². The van der Waals surface area contributed by atoms with Gasteiger partial charge in [-0.05, 0) is 37.9 Å². The van der Waals surface area contributed by atoms with Gasteiger partial charge in [0.2, 0.25) is 11.8 Å². The Kier molecular flexibility index (Phi) is 4.88. The summed E-state index contributed by atoms with van der Waals surface area (Å²) in [5.74, 6) is 0.817. The third kappa shape index (κ3) is 3.57. The summed E-state index contributed by atoms with van der Waals surface area (Å²) < 4.78 is 0. The lowest BCUT2D eigenvalue weighted by Crippen LogP contribution is -2.49. The summed E-state index contributed by atoms with van der Waals surface area (Å²) in [6.45, 7) is 3.49. The van der Waals surface area contributed by atoms with E-state index in [1.54, 1.807) is 23.6 Å². The molecule has 0 radical (unpaired) electrons. The van der Waals surface area contributed by atoms with Gasteiger partial charge in [0.05, 0.1) is 11.6 Å². The first-order valence-corrected chi connectivity index (χ1v) is 11.9. The predicted octanol–water partition coefficient (Wildman–Crippen LogP) is 2.29. The number of aromatic nitrogens is 5. The Labute approximate surface area is 193 Å². The number of amides is 1. The topological polar surface area (TPSA) is 123 Å². The maximum atomic E-state index is 13.1. The number of anilines is 2. The van der Waals surface area contributed by atoms with Crippen LogP contribution in [0.3, 0.4) is 0 Å². The van der Waals surface area contributed by atoms with Gasteiger partial charge in [0.25, 0.3) is 0 Å². The van der Waals surface area contributed by atoms with E-state index in [2.05, 4.69) is 42.4 Å². The van der Waals surface area contributed by atoms with Crippen molar-refractivity contribution in [2.45, 2.75) is 19.3 Å². The zero-order valence-corrected chi connectivity index (χ0v) is 19.0. The van der Waals surface area contributed by atoms with Crippen LogP contribution in [0.5, 0.6) is 5.88 Å². The quantitative estimate of drug-likeness (QED) is 0.422. The zero-order chi connectivity index (χ0) is 22.5. The Morgan fingerprint density at radius 3 is 2.97 bits per heavy atom. The fourth-order valence-corrected chi connectivity index (χ4v) is 6.06. The van der Waals surface area contributed by atoms with Gasteiger partial charge in [-0.15, -0.1) is 11.3 Å². The molecule has 0 spiro atoms. The Morgan fingerprint density at radius 2 is 2.12 bits per heavy atom. The molecule has 0 unspecified atom stereocenters. The molecule has 0 aromatic carbocycles. The number of rotatable bonds is 3. The van der Waals surface area contributed by atoms with E-state index in [0.29, 0.717) is 17.2 Å². The van der Waals surface area contributed by atoms with Crippen molar-refractivity contribution >= 4 is 50.0 Å². The summed E-state index contributed by atoms with van der Waals surface area (Å²) in [4.78, 5) is 32.6. The van der Waals surface area contributed by atoms with E-state index < -0.39 is 0 Å². The minimum atomic E-state index is -0.125. The molecular formula is C22H24N8O2S. The monoisotopic (exact) mass is 464 g/mol. The van der Waals surface area contributed by atoms with E-state index in [1.165, 1.54) is 16.8 Å². The molecular weight excluding hydrogens is 440 g/mol. The first-order chi connectivity index (χ1) is 16.1. The smallest absolute Gasteiger partial charge is 0.237 e. The highest BCUT2D eigenvalue weighted by Gasteiger charge is 2.32. The number of nitrogens with one attached hydrogen (secondary N) is 2. The van der Waals surface area contributed by atoms with Gasteiger partial charge >= 0.3 is 0 Å². The number of thiophene rings is 1. The lowest BCUT2D eigenvalue weighted by molar-refractivity contribution is -0.137. The third-order valence-corrected chi connectivity index (χ3v) is 7.83. The molecule has 0 bridgehead atoms. The van der Waals surface area contributed by atoms with Crippen LogP contribution in [0.1, 0.15) is 16.9 Å². The molecule has 1 aliphatic heterocycles. The van der Waals surface area contributed by atoms with E-state index in [-0.39, 0.29) is 17.7 Å². The molecule has 1 aliphatic carbocycles. The summed E-state index contributed by atoms with van der Waals surface area (Å²) in [7, 11) is 2.10. The molecule has 6 rings (SSSR count). The number of likely N-dealkylation sites (N-methyl/N-ethyl adjacent to an activating group) is 1. The number of fused-ring (bicyclic) bond motifs is 4. The Morgan fingerprint density at radius 1 is 1.27 bits per heavy atom. The van der Waals surface area contributed by atoms with Gasteiger partial charge in [0.1, 0.15) is 22.7 Å². The van der Waals surface area contributed by atoms with Crippen LogP contribution in [0.4, 0.5) is 11.5 Å². The summed E-state index contributed by atoms with van der Waals surface area (Å²) in [5.41, 5.74) is 2.19. The van der Waals surface area contributed by atoms with Gasteiger partial charge in [0, 0.05) is 42.4 Å². The van der Waals surface area contributed by atoms with Crippen molar-refractivity contribution < 1.29 is 9.90 Å². The highest BCUT2D eigenvalue weighted by atomic mass is 32.1. The van der Waals surface area contributed by atoms with Crippen LogP contribution in [0.15, 0.2) is 18.6 Å². The minimum absolute atomic E-state index is 0.0232. The molecule has 4 aromatic heterocycles. The summed E-state index contributed by atoms with van der Waals surface area (Å²) in [5, 5.41) is 22.1. The number of hydrogen-bond acceptors (Lipinski definition) is 9. The molecule has 170 valence electrons. The molecule has 2 aliphatic rings. The average molecular weight is 465 g/mol. The van der Waals surface area contributed by atoms with Crippen LogP contribution in [-0.2, 0) is 17.6 Å². The summed E-state index contributed by atoms with van der Waals surface area (Å²) in [6, 6.07) is 1.79. The maximum absolute atomic E-state index is 13.1. The Bertz CT molecular complexity index is 1360. The number of carbonyl (C=O) groups is 1. The van der Waals surface area contributed by atoms with Crippen LogP contribution >= 0.6 is 11.3 Å². The molecule has 1 amide bonds. The molecule has 3 N–H and O–H groups in total. The van der Waals surface area contributed by atoms with Crippen LogP contribution in [0.25, 0.3) is 21.3 Å². The van der Waals surface area contributed by atoms with E-state index in [1.807, 2.05) is 4.90 Å². The van der Waals surface area contributed by atoms with E-state index in [9.17, 15) is 9.90 Å². The fourth-order valence-electron chi connectivity index (χ4n) is 4.79. The van der Waals surface area contributed by atoms with Crippen molar-refractivity contribution in [3.8, 4) is 5.88 Å². The highest BCUT2D eigenvalue weighted by molar-refractivity contribution is 7.19. The minimum Gasteiger partial charge on any atom is -0.492 e. The van der Waals surface area contributed by atoms with E-state index in [4.69, 9.17) is 0 Å². The van der Waals surface area contributed by atoms with Crippen LogP contribution in [0, 0.1) is 5.92 Å². The number of aromatic amines is 1. The van der Waals surface area contributed by atoms with Crippen molar-refractivity contribution in [1.82, 2.24) is 34.9 Å². The molecule has 0 saturated carbocycles. The number of aromatic hydroxyl groups is 1. The maximum Gasteiger partial charge on any atom is 0.237 e. The van der Waals surface area contributed by atoms with E-state index >= 15 is 0 Å². The molecule has 1 fully saturated rings. The Balaban J connectivity index is 1.29. The Hall–Kier alpha value is -3.31. The van der Waals surface area contributed by atoms with Gasteiger partial charge in [-0.1, -0.05) is 0 Å². The van der Waals surface area contributed by atoms with Crippen LogP contribution in [-0.4, -0.2) is 79.2 Å². The van der Waals surface area contributed by atoms with Crippen molar-refractivity contribution in [3.63, 3.8) is 0 Å². The summed E-state index contributed by atoms with van der Waals surface area (Å²) in [6.07, 6.45) is 5.57. The molecule has 4 aromatic rings. The normalized spacial score (nSPS) is 19.2. The number of pyridine rings is 1. The molecule has 1 saturated heterocycles. The number of carbonyl (C=O) groups excluding carboxylic acids is 1. The molecule has 11 heteroatoms. The van der Waals surface area contributed by atoms with Crippen molar-refractivity contribution in [2.24, 2.45) is 5.92 Å². The standard InChI is InChI=1S/C22H24N8O2S/c1-29-4-6-30(7-5-29)22(32)12-2-3-14-16(9-12)33-21-17(14)19(23-11-24-21)26-15-8-13-10-25-28-18(13)27-20(15)31/h8,10-12H,2-7,9H2,1H3,(H,23,24,26)(H2,25,27,28,31)/t12-/m0/s1. The second-order valence-corrected chi connectivity index (χ2v) is 9.85. The first kappa shape index (κ1) is 20.3. The van der Waals surface area contributed by atoms with Crippen molar-refractivity contribution in [3.05, 3.63) is 29.0 Å². The lowest BCUT2D eigenvalue weighted by atomic mass is 9.86. The lowest BCUT2D eigenvalue weighted by Gasteiger charge is -2.35. The molecule has 10 nitrogen and oxygen atoms in total. The average Bonchev–Trinajstić information content (AvgIpc) is 3.43. The fraction of sp³-hybridized carbons (Fsp3) is 0.409. The SMILES string of the molecule is CN1CCN(C(=O)[C@H]2CCc3c(sc4ncnc(Nc5cc6cn[nH]c6nc5O)c34)C2)CC1. The third-order valence-electron chi connectivity index (χ3n) is 6.67. The number of nitrogens with zero attached hydrogens (tertiary/aromatic N) is 6. The van der Waals surface area contributed by atoms with Gasteiger partial charge in [-0.3, -0.25) is 9.89 Å². The van der Waals surface area contributed by atoms with Crippen LogP contribution < -0.4 is 5.32 Å². The number of hydrogen-bond donors (Lipinski definition) is 3. The van der Waals surface area contributed by atoms with E-state index in [0.717, 1.165) is 61.0 Å². The van der Waals surface area contributed by atoms with Crippen molar-refractivity contribution in [2.75, 3.05) is 38.5 Å². The van der Waals surface area contributed by atoms with Gasteiger partial charge in [-0.25, -0.2) is 9.97 Å². The number of aryl methyl sites for hydroxylation is 1. The molecule has 5 heterocycles.